The largest absolute Gasteiger partial charge is 0.221 e. The van der Waals surface area contributed by atoms with Crippen LogP contribution < -0.4 is 0 Å². The second-order valence-corrected chi connectivity index (χ2v) is 2.94. The number of rotatable bonds is 2. The van der Waals surface area contributed by atoms with E-state index in [2.05, 4.69) is 15.0 Å². The van der Waals surface area contributed by atoms with Crippen molar-refractivity contribution >= 4 is 0 Å². The molecule has 0 aliphatic heterocycles. The van der Waals surface area contributed by atoms with Crippen molar-refractivity contribution in [2.24, 2.45) is 0 Å². The molecule has 0 unspecified atom stereocenters. The first-order valence-corrected chi connectivity index (χ1v) is 4.63. The summed E-state index contributed by atoms with van der Waals surface area (Å²) >= 11 is 0. The lowest BCUT2D eigenvalue weighted by Crippen LogP contribution is -1.96. The molecule has 1 aromatic carbocycles. The van der Waals surface area contributed by atoms with Crippen LogP contribution in [0.5, 0.6) is 0 Å². The van der Waals surface area contributed by atoms with Crippen LogP contribution in [-0.2, 0) is 6.42 Å². The monoisotopic (exact) mass is 185 g/mol. The quantitative estimate of drug-likeness (QED) is 0.719. The maximum Gasteiger partial charge on any atom is 0.162 e. The van der Waals surface area contributed by atoms with Gasteiger partial charge in [0.15, 0.2) is 5.82 Å². The van der Waals surface area contributed by atoms with Gasteiger partial charge >= 0.3 is 0 Å². The topological polar surface area (TPSA) is 38.7 Å². The summed E-state index contributed by atoms with van der Waals surface area (Å²) in [5.74, 6) is 1.58. The fourth-order valence-corrected chi connectivity index (χ4v) is 1.23. The lowest BCUT2D eigenvalue weighted by molar-refractivity contribution is 0.903. The van der Waals surface area contributed by atoms with E-state index in [9.17, 15) is 0 Å². The summed E-state index contributed by atoms with van der Waals surface area (Å²) in [5, 5.41) is 0. The Balaban J connectivity index is 2.42. The van der Waals surface area contributed by atoms with Crippen LogP contribution in [0.25, 0.3) is 11.4 Å². The Morgan fingerprint density at radius 3 is 2.57 bits per heavy atom. The maximum absolute atomic E-state index is 4.34. The summed E-state index contributed by atoms with van der Waals surface area (Å²) in [6, 6.07) is 9.92. The first-order valence-electron chi connectivity index (χ1n) is 4.63. The zero-order chi connectivity index (χ0) is 9.80. The van der Waals surface area contributed by atoms with E-state index in [0.29, 0.717) is 0 Å². The molecule has 2 aromatic rings. The summed E-state index contributed by atoms with van der Waals surface area (Å²) in [6.45, 7) is 2.03. The fourth-order valence-electron chi connectivity index (χ4n) is 1.23. The molecule has 0 radical (unpaired) electrons. The highest BCUT2D eigenvalue weighted by molar-refractivity contribution is 5.53. The molecule has 1 heterocycles. The molecule has 3 heteroatoms. The minimum Gasteiger partial charge on any atom is -0.221 e. The van der Waals surface area contributed by atoms with Gasteiger partial charge in [-0.25, -0.2) is 15.0 Å². The van der Waals surface area contributed by atoms with Crippen molar-refractivity contribution in [2.45, 2.75) is 13.3 Å². The molecule has 70 valence electrons. The van der Waals surface area contributed by atoms with Gasteiger partial charge in [0.05, 0.1) is 0 Å². The molecule has 0 spiro atoms. The van der Waals surface area contributed by atoms with Crippen LogP contribution in [0.3, 0.4) is 0 Å². The van der Waals surface area contributed by atoms with Crippen molar-refractivity contribution in [1.82, 2.24) is 15.0 Å². The van der Waals surface area contributed by atoms with E-state index < -0.39 is 0 Å². The average molecular weight is 185 g/mol. The molecule has 3 nitrogen and oxygen atoms in total. The van der Waals surface area contributed by atoms with Crippen LogP contribution in [0, 0.1) is 0 Å². The molecule has 0 amide bonds. The highest BCUT2D eigenvalue weighted by Crippen LogP contribution is 2.12. The third-order valence-corrected chi connectivity index (χ3v) is 1.97. The summed E-state index contributed by atoms with van der Waals surface area (Å²) in [6.07, 6.45) is 2.40. The van der Waals surface area contributed by atoms with Gasteiger partial charge in [0.1, 0.15) is 12.2 Å². The van der Waals surface area contributed by atoms with Crippen molar-refractivity contribution in [3.63, 3.8) is 0 Å². The lowest BCUT2D eigenvalue weighted by atomic mass is 10.2. The van der Waals surface area contributed by atoms with Gasteiger partial charge in [-0.15, -0.1) is 0 Å². The van der Waals surface area contributed by atoms with Crippen LogP contribution in [0.2, 0.25) is 0 Å². The Hall–Kier alpha value is -1.77. The van der Waals surface area contributed by atoms with Crippen LogP contribution >= 0.6 is 0 Å². The van der Waals surface area contributed by atoms with Gasteiger partial charge in [-0.05, 0) is 0 Å². The average Bonchev–Trinajstić information content (AvgIpc) is 2.30. The Bertz CT molecular complexity index is 412. The molecule has 14 heavy (non-hydrogen) atoms. The molecule has 0 bridgehead atoms. The van der Waals surface area contributed by atoms with Gasteiger partial charge in [0.25, 0.3) is 0 Å². The standard InChI is InChI=1S/C11H11N3/c1-2-10-12-8-13-11(14-10)9-6-4-3-5-7-9/h3-8H,2H2,1H3. The zero-order valence-electron chi connectivity index (χ0n) is 8.01. The smallest absolute Gasteiger partial charge is 0.162 e. The molecule has 1 aromatic heterocycles. The van der Waals surface area contributed by atoms with Gasteiger partial charge in [0, 0.05) is 12.0 Å². The van der Waals surface area contributed by atoms with Crippen LogP contribution in [0.1, 0.15) is 12.7 Å². The first-order chi connectivity index (χ1) is 6.90. The van der Waals surface area contributed by atoms with Crippen molar-refractivity contribution in [2.75, 3.05) is 0 Å². The Morgan fingerprint density at radius 2 is 1.86 bits per heavy atom. The number of aryl methyl sites for hydroxylation is 1. The molecular formula is C11H11N3. The zero-order valence-corrected chi connectivity index (χ0v) is 8.01. The maximum atomic E-state index is 4.34. The number of benzene rings is 1. The van der Waals surface area contributed by atoms with Gasteiger partial charge in [-0.2, -0.15) is 0 Å². The van der Waals surface area contributed by atoms with Crippen molar-refractivity contribution < 1.29 is 0 Å². The van der Waals surface area contributed by atoms with E-state index in [1.807, 2.05) is 37.3 Å². The van der Waals surface area contributed by atoms with E-state index >= 15 is 0 Å². The van der Waals surface area contributed by atoms with Gasteiger partial charge in [0.2, 0.25) is 0 Å². The SMILES string of the molecule is CCc1ncnc(-c2ccccc2)n1. The van der Waals surface area contributed by atoms with Crippen LogP contribution in [0.4, 0.5) is 0 Å². The normalized spacial score (nSPS) is 10.1. The molecule has 0 saturated carbocycles. The Morgan fingerprint density at radius 1 is 1.07 bits per heavy atom. The molecule has 0 atom stereocenters. The van der Waals surface area contributed by atoms with Gasteiger partial charge in [-0.3, -0.25) is 0 Å². The van der Waals surface area contributed by atoms with E-state index in [0.717, 1.165) is 23.6 Å². The molecule has 0 aliphatic rings. The van der Waals surface area contributed by atoms with Crippen LogP contribution in [0.15, 0.2) is 36.7 Å². The second kappa shape index (κ2) is 3.96. The molecule has 0 N–H and O–H groups in total. The third kappa shape index (κ3) is 1.76. The molecule has 2 rings (SSSR count). The Labute approximate surface area is 82.9 Å². The molecule has 0 aliphatic carbocycles. The van der Waals surface area contributed by atoms with E-state index in [1.54, 1.807) is 6.33 Å². The predicted molar refractivity (Wildman–Crippen MR) is 54.6 cm³/mol. The summed E-state index contributed by atoms with van der Waals surface area (Å²) in [5.41, 5.74) is 1.03. The van der Waals surface area contributed by atoms with Gasteiger partial charge < -0.3 is 0 Å². The number of hydrogen-bond acceptors (Lipinski definition) is 3. The van der Waals surface area contributed by atoms with Crippen molar-refractivity contribution in [3.8, 4) is 11.4 Å². The van der Waals surface area contributed by atoms with E-state index in [-0.39, 0.29) is 0 Å². The highest BCUT2D eigenvalue weighted by atomic mass is 15.0. The third-order valence-electron chi connectivity index (χ3n) is 1.97. The summed E-state index contributed by atoms with van der Waals surface area (Å²) in [7, 11) is 0. The molecule has 0 fully saturated rings. The van der Waals surface area contributed by atoms with E-state index in [1.165, 1.54) is 0 Å². The number of aromatic nitrogens is 3. The first kappa shape index (κ1) is 8.81. The minimum atomic E-state index is 0.748. The van der Waals surface area contributed by atoms with E-state index in [4.69, 9.17) is 0 Å². The highest BCUT2D eigenvalue weighted by Gasteiger charge is 2.00. The summed E-state index contributed by atoms with van der Waals surface area (Å²) in [4.78, 5) is 12.5. The second-order valence-electron chi connectivity index (χ2n) is 2.94. The van der Waals surface area contributed by atoms with Gasteiger partial charge in [-0.1, -0.05) is 37.3 Å². The number of nitrogens with zero attached hydrogens (tertiary/aromatic N) is 3. The minimum absolute atomic E-state index is 0.748. The number of hydrogen-bond donors (Lipinski definition) is 0. The predicted octanol–water partition coefficient (Wildman–Crippen LogP) is 2.10. The lowest BCUT2D eigenvalue weighted by Gasteiger charge is -2.00. The van der Waals surface area contributed by atoms with Crippen LogP contribution in [-0.4, -0.2) is 15.0 Å². The fraction of sp³-hybridized carbons (Fsp3) is 0.182. The molecule has 0 saturated heterocycles. The van der Waals surface area contributed by atoms with Crippen molar-refractivity contribution in [3.05, 3.63) is 42.5 Å². The Kier molecular flexibility index (Phi) is 2.49. The summed E-state index contributed by atoms with van der Waals surface area (Å²) < 4.78 is 0. The van der Waals surface area contributed by atoms with Crippen molar-refractivity contribution in [1.29, 1.82) is 0 Å². The molecular weight excluding hydrogens is 174 g/mol.